The van der Waals surface area contributed by atoms with Gasteiger partial charge in [0.2, 0.25) is 6.41 Å². The molecule has 0 aliphatic heterocycles. The summed E-state index contributed by atoms with van der Waals surface area (Å²) in [7, 11) is 0. The van der Waals surface area contributed by atoms with Gasteiger partial charge in [0.15, 0.2) is 0 Å². The third-order valence-corrected chi connectivity index (χ3v) is 2.11. The van der Waals surface area contributed by atoms with Gasteiger partial charge < -0.3 is 0 Å². The molecule has 0 saturated heterocycles. The highest BCUT2D eigenvalue weighted by Crippen LogP contribution is 2.22. The van der Waals surface area contributed by atoms with Crippen LogP contribution in [-0.2, 0) is 4.79 Å². The number of aromatic nitrogens is 1. The Kier molecular flexibility index (Phi) is 1.62. The molecule has 1 aromatic carbocycles. The standard InChI is InChI=1S/C9H6ClNO/c10-8-3-1-2-7-4-5-11(6-12)9(7)8/h1-6H. The fourth-order valence-corrected chi connectivity index (χ4v) is 1.54. The van der Waals surface area contributed by atoms with Crippen LogP contribution in [0.1, 0.15) is 0 Å². The van der Waals surface area contributed by atoms with Crippen molar-refractivity contribution in [3.8, 4) is 0 Å². The molecule has 3 heteroatoms. The van der Waals surface area contributed by atoms with Gasteiger partial charge in [-0.2, -0.15) is 0 Å². The fraction of sp³-hybridized carbons (Fsp3) is 0. The first kappa shape index (κ1) is 7.37. The number of fused-ring (bicyclic) bond motifs is 1. The highest BCUT2D eigenvalue weighted by atomic mass is 35.5. The van der Waals surface area contributed by atoms with Crippen molar-refractivity contribution in [2.45, 2.75) is 0 Å². The van der Waals surface area contributed by atoms with Gasteiger partial charge >= 0.3 is 0 Å². The second-order valence-electron chi connectivity index (χ2n) is 2.51. The summed E-state index contributed by atoms with van der Waals surface area (Å²) in [6, 6.07) is 7.40. The van der Waals surface area contributed by atoms with Crippen molar-refractivity contribution < 1.29 is 4.79 Å². The third-order valence-electron chi connectivity index (χ3n) is 1.80. The quantitative estimate of drug-likeness (QED) is 0.616. The lowest BCUT2D eigenvalue weighted by Crippen LogP contribution is -1.90. The van der Waals surface area contributed by atoms with Gasteiger partial charge in [-0.1, -0.05) is 23.7 Å². The maximum atomic E-state index is 10.5. The van der Waals surface area contributed by atoms with E-state index in [0.717, 1.165) is 17.3 Å². The number of carbonyl (C=O) groups is 1. The zero-order chi connectivity index (χ0) is 8.55. The van der Waals surface area contributed by atoms with E-state index >= 15 is 0 Å². The molecule has 0 spiro atoms. The maximum absolute atomic E-state index is 10.5. The van der Waals surface area contributed by atoms with E-state index in [2.05, 4.69) is 0 Å². The van der Waals surface area contributed by atoms with Crippen LogP contribution in [0.4, 0.5) is 0 Å². The number of rotatable bonds is 1. The number of halogens is 1. The predicted octanol–water partition coefficient (Wildman–Crippen LogP) is 2.33. The molecule has 0 N–H and O–H groups in total. The van der Waals surface area contributed by atoms with E-state index in [-0.39, 0.29) is 0 Å². The molecule has 1 heterocycles. The zero-order valence-corrected chi connectivity index (χ0v) is 6.95. The van der Waals surface area contributed by atoms with Crippen LogP contribution in [0.2, 0.25) is 5.02 Å². The highest BCUT2D eigenvalue weighted by Gasteiger charge is 2.02. The van der Waals surface area contributed by atoms with Crippen molar-refractivity contribution in [3.05, 3.63) is 35.5 Å². The molecule has 2 nitrogen and oxygen atoms in total. The smallest absolute Gasteiger partial charge is 0.218 e. The topological polar surface area (TPSA) is 22.0 Å². The monoisotopic (exact) mass is 179 g/mol. The Morgan fingerprint density at radius 3 is 2.92 bits per heavy atom. The summed E-state index contributed by atoms with van der Waals surface area (Å²) in [5.74, 6) is 0. The van der Waals surface area contributed by atoms with E-state index in [1.54, 1.807) is 12.3 Å². The number of carbonyl (C=O) groups excluding carboxylic acids is 1. The summed E-state index contributed by atoms with van der Waals surface area (Å²) in [6.07, 6.45) is 2.44. The van der Waals surface area contributed by atoms with Gasteiger partial charge in [0.05, 0.1) is 10.5 Å². The van der Waals surface area contributed by atoms with E-state index in [1.165, 1.54) is 4.57 Å². The van der Waals surface area contributed by atoms with Gasteiger partial charge in [-0.25, -0.2) is 0 Å². The molecule has 0 fully saturated rings. The van der Waals surface area contributed by atoms with E-state index in [4.69, 9.17) is 11.6 Å². The molecule has 0 unspecified atom stereocenters. The summed E-state index contributed by atoms with van der Waals surface area (Å²) in [4.78, 5) is 10.5. The first-order valence-corrected chi connectivity index (χ1v) is 3.91. The highest BCUT2D eigenvalue weighted by molar-refractivity contribution is 6.35. The molecule has 12 heavy (non-hydrogen) atoms. The Morgan fingerprint density at radius 1 is 1.33 bits per heavy atom. The molecule has 0 bridgehead atoms. The van der Waals surface area contributed by atoms with Gasteiger partial charge in [-0.15, -0.1) is 0 Å². The molecular weight excluding hydrogens is 174 g/mol. The number of nitrogens with zero attached hydrogens (tertiary/aromatic N) is 1. The molecule has 0 radical (unpaired) electrons. The molecule has 0 aliphatic carbocycles. The summed E-state index contributed by atoms with van der Waals surface area (Å²) in [6.45, 7) is 0. The summed E-state index contributed by atoms with van der Waals surface area (Å²) >= 11 is 5.90. The van der Waals surface area contributed by atoms with Crippen molar-refractivity contribution in [3.63, 3.8) is 0 Å². The molecule has 0 saturated carbocycles. The Bertz CT molecular complexity index is 433. The second kappa shape index (κ2) is 2.64. The molecule has 0 amide bonds. The average Bonchev–Trinajstić information content (AvgIpc) is 2.49. The Balaban J connectivity index is 2.91. The van der Waals surface area contributed by atoms with Crippen LogP contribution in [0.25, 0.3) is 10.9 Å². The molecule has 2 aromatic rings. The van der Waals surface area contributed by atoms with Crippen LogP contribution >= 0.6 is 11.6 Å². The maximum Gasteiger partial charge on any atom is 0.218 e. The van der Waals surface area contributed by atoms with Gasteiger partial charge in [0.1, 0.15) is 0 Å². The molecule has 0 atom stereocenters. The van der Waals surface area contributed by atoms with Crippen LogP contribution in [0.3, 0.4) is 0 Å². The lowest BCUT2D eigenvalue weighted by Gasteiger charge is -1.96. The molecule has 1 aromatic heterocycles. The lowest BCUT2D eigenvalue weighted by atomic mass is 10.2. The van der Waals surface area contributed by atoms with Crippen LogP contribution in [-0.4, -0.2) is 11.0 Å². The predicted molar refractivity (Wildman–Crippen MR) is 49.1 cm³/mol. The summed E-state index contributed by atoms with van der Waals surface area (Å²) in [5, 5.41) is 1.58. The fourth-order valence-electron chi connectivity index (χ4n) is 1.26. The Hall–Kier alpha value is -1.28. The van der Waals surface area contributed by atoms with E-state index in [0.29, 0.717) is 5.02 Å². The number of hydrogen-bond acceptors (Lipinski definition) is 1. The van der Waals surface area contributed by atoms with Crippen molar-refractivity contribution in [2.75, 3.05) is 0 Å². The summed E-state index contributed by atoms with van der Waals surface area (Å²) in [5.41, 5.74) is 0.772. The number of benzene rings is 1. The molecule has 0 aliphatic rings. The van der Waals surface area contributed by atoms with Crippen molar-refractivity contribution in [1.82, 2.24) is 4.57 Å². The largest absolute Gasteiger partial charge is 0.288 e. The van der Waals surface area contributed by atoms with Crippen LogP contribution in [0.15, 0.2) is 30.5 Å². The van der Waals surface area contributed by atoms with Crippen LogP contribution < -0.4 is 0 Å². The zero-order valence-electron chi connectivity index (χ0n) is 6.20. The molecule has 60 valence electrons. The average molecular weight is 180 g/mol. The second-order valence-corrected chi connectivity index (χ2v) is 2.91. The third kappa shape index (κ3) is 0.924. The van der Waals surface area contributed by atoms with Crippen LogP contribution in [0.5, 0.6) is 0 Å². The first-order valence-electron chi connectivity index (χ1n) is 3.53. The lowest BCUT2D eigenvalue weighted by molar-refractivity contribution is 0.549. The normalized spacial score (nSPS) is 10.4. The molecule has 2 rings (SSSR count). The van der Waals surface area contributed by atoms with Gasteiger partial charge in [-0.3, -0.25) is 9.36 Å². The van der Waals surface area contributed by atoms with E-state index in [9.17, 15) is 4.79 Å². The minimum Gasteiger partial charge on any atom is -0.288 e. The molecular formula is C9H6ClNO. The van der Waals surface area contributed by atoms with Crippen molar-refractivity contribution >= 4 is 28.9 Å². The van der Waals surface area contributed by atoms with Crippen LogP contribution in [0, 0.1) is 0 Å². The SMILES string of the molecule is O=Cn1ccc2cccc(Cl)c21. The van der Waals surface area contributed by atoms with E-state index < -0.39 is 0 Å². The number of para-hydroxylation sites is 1. The minimum atomic E-state index is 0.601. The van der Waals surface area contributed by atoms with Gasteiger partial charge in [0, 0.05) is 11.6 Å². The Morgan fingerprint density at radius 2 is 2.17 bits per heavy atom. The van der Waals surface area contributed by atoms with E-state index in [1.807, 2.05) is 18.2 Å². The van der Waals surface area contributed by atoms with Crippen molar-refractivity contribution in [2.24, 2.45) is 0 Å². The van der Waals surface area contributed by atoms with Crippen molar-refractivity contribution in [1.29, 1.82) is 0 Å². The Labute approximate surface area is 74.4 Å². The van der Waals surface area contributed by atoms with Gasteiger partial charge in [0.25, 0.3) is 0 Å². The minimum absolute atomic E-state index is 0.601. The van der Waals surface area contributed by atoms with Gasteiger partial charge in [-0.05, 0) is 12.1 Å². The first-order chi connectivity index (χ1) is 5.83. The summed E-state index contributed by atoms with van der Waals surface area (Å²) < 4.78 is 1.47. The number of hydrogen-bond donors (Lipinski definition) is 0.